The lowest BCUT2D eigenvalue weighted by Gasteiger charge is -2.22. The van der Waals surface area contributed by atoms with Crippen molar-refractivity contribution in [1.29, 1.82) is 0 Å². The molecule has 0 amide bonds. The quantitative estimate of drug-likeness (QED) is 0.453. The Bertz CT molecular complexity index is 455. The first-order chi connectivity index (χ1) is 10.1. The van der Waals surface area contributed by atoms with Crippen LogP contribution in [0.4, 0.5) is 17.8 Å². The maximum atomic E-state index is 9.04. The summed E-state index contributed by atoms with van der Waals surface area (Å²) >= 11 is 0. The van der Waals surface area contributed by atoms with Crippen molar-refractivity contribution >= 4 is 17.8 Å². The first-order valence-corrected chi connectivity index (χ1v) is 7.12. The van der Waals surface area contributed by atoms with E-state index in [4.69, 9.17) is 10.9 Å². The van der Waals surface area contributed by atoms with E-state index in [1.54, 1.807) is 0 Å². The average molecular weight is 296 g/mol. The molecule has 0 aromatic carbocycles. The number of aromatic nitrogens is 3. The molecule has 2 heterocycles. The second-order valence-corrected chi connectivity index (χ2v) is 5.20. The van der Waals surface area contributed by atoms with Crippen LogP contribution in [0.5, 0.6) is 0 Å². The molecule has 0 unspecified atom stereocenters. The molecule has 21 heavy (non-hydrogen) atoms. The van der Waals surface area contributed by atoms with E-state index in [2.05, 4.69) is 30.2 Å². The molecule has 0 saturated carbocycles. The van der Waals surface area contributed by atoms with Crippen molar-refractivity contribution in [1.82, 2.24) is 19.9 Å². The van der Waals surface area contributed by atoms with Crippen molar-refractivity contribution in [3.63, 3.8) is 0 Å². The fourth-order valence-electron chi connectivity index (χ4n) is 2.30. The third-order valence-electron chi connectivity index (χ3n) is 3.43. The molecule has 0 spiro atoms. The molecule has 1 saturated heterocycles. The topological polar surface area (TPSA) is 107 Å². The van der Waals surface area contributed by atoms with E-state index in [0.717, 1.165) is 32.6 Å². The highest BCUT2D eigenvalue weighted by atomic mass is 16.3. The molecule has 1 aromatic rings. The number of nitrogens with one attached hydrogen (secondary N) is 1. The molecule has 0 aliphatic carbocycles. The Hall–Kier alpha value is -1.71. The Balaban J connectivity index is 2.15. The van der Waals surface area contributed by atoms with Crippen LogP contribution >= 0.6 is 0 Å². The van der Waals surface area contributed by atoms with Gasteiger partial charge < -0.3 is 14.9 Å². The van der Waals surface area contributed by atoms with Gasteiger partial charge in [-0.1, -0.05) is 0 Å². The number of hydrogen-bond donors (Lipinski definition) is 3. The number of aliphatic hydroxyl groups excluding tert-OH is 1. The summed E-state index contributed by atoms with van der Waals surface area (Å²) in [5, 5.41) is 9.04. The predicted molar refractivity (Wildman–Crippen MR) is 82.3 cm³/mol. The fraction of sp³-hybridized carbons (Fsp3) is 0.750. The van der Waals surface area contributed by atoms with Gasteiger partial charge in [0.1, 0.15) is 0 Å². The molecule has 0 atom stereocenters. The Kier molecular flexibility index (Phi) is 5.48. The summed E-state index contributed by atoms with van der Waals surface area (Å²) in [7, 11) is 3.76. The highest BCUT2D eigenvalue weighted by Gasteiger charge is 2.18. The minimum Gasteiger partial charge on any atom is -0.395 e. The normalized spacial score (nSPS) is 16.7. The maximum Gasteiger partial charge on any atom is 0.243 e. The minimum atomic E-state index is 0.192. The van der Waals surface area contributed by atoms with Gasteiger partial charge >= 0.3 is 0 Å². The average Bonchev–Trinajstić information content (AvgIpc) is 2.73. The van der Waals surface area contributed by atoms with E-state index in [-0.39, 0.29) is 6.61 Å². The lowest BCUT2D eigenvalue weighted by molar-refractivity contribution is 0.204. The molecule has 9 heteroatoms. The second kappa shape index (κ2) is 7.34. The third-order valence-corrected chi connectivity index (χ3v) is 3.43. The van der Waals surface area contributed by atoms with E-state index >= 15 is 0 Å². The number of β-amino-alcohol motifs (C(OH)–C–C–N with tert-alkyl or cyclic N) is 1. The zero-order valence-electron chi connectivity index (χ0n) is 12.7. The van der Waals surface area contributed by atoms with E-state index in [9.17, 15) is 0 Å². The third kappa shape index (κ3) is 4.13. The SMILES string of the molecule is CN(C)c1nc(NN)nc(N2CCCN(CCO)CC2)n1. The van der Waals surface area contributed by atoms with Gasteiger partial charge in [0.2, 0.25) is 17.8 Å². The number of rotatable bonds is 5. The van der Waals surface area contributed by atoms with Gasteiger partial charge in [-0.05, 0) is 13.0 Å². The zero-order valence-corrected chi connectivity index (χ0v) is 12.7. The number of nitrogens with two attached hydrogens (primary N) is 1. The van der Waals surface area contributed by atoms with Crippen molar-refractivity contribution < 1.29 is 5.11 Å². The van der Waals surface area contributed by atoms with Crippen LogP contribution in [0.1, 0.15) is 6.42 Å². The summed E-state index contributed by atoms with van der Waals surface area (Å²) in [5.41, 5.74) is 2.49. The summed E-state index contributed by atoms with van der Waals surface area (Å²) in [6.45, 7) is 4.46. The van der Waals surface area contributed by atoms with Gasteiger partial charge in [0, 0.05) is 40.3 Å². The Morgan fingerprint density at radius 1 is 1.19 bits per heavy atom. The molecule has 4 N–H and O–H groups in total. The number of hydrogen-bond acceptors (Lipinski definition) is 9. The first-order valence-electron chi connectivity index (χ1n) is 7.12. The van der Waals surface area contributed by atoms with Crippen molar-refractivity contribution in [2.45, 2.75) is 6.42 Å². The minimum absolute atomic E-state index is 0.192. The molecular weight excluding hydrogens is 272 g/mol. The van der Waals surface area contributed by atoms with Crippen LogP contribution < -0.4 is 21.1 Å². The second-order valence-electron chi connectivity index (χ2n) is 5.20. The van der Waals surface area contributed by atoms with Crippen molar-refractivity contribution in [3.05, 3.63) is 0 Å². The predicted octanol–water partition coefficient (Wildman–Crippen LogP) is -1.27. The van der Waals surface area contributed by atoms with Crippen LogP contribution in [0, 0.1) is 0 Å². The Morgan fingerprint density at radius 3 is 2.67 bits per heavy atom. The van der Waals surface area contributed by atoms with Gasteiger partial charge in [-0.3, -0.25) is 10.3 Å². The van der Waals surface area contributed by atoms with Crippen molar-refractivity contribution in [3.8, 4) is 0 Å². The molecule has 0 radical (unpaired) electrons. The van der Waals surface area contributed by atoms with Crippen LogP contribution in [0.15, 0.2) is 0 Å². The van der Waals surface area contributed by atoms with Crippen LogP contribution in [0.25, 0.3) is 0 Å². The Morgan fingerprint density at radius 2 is 2.00 bits per heavy atom. The number of nitrogen functional groups attached to an aromatic ring is 1. The molecule has 1 aliphatic rings. The molecule has 1 aromatic heterocycles. The first kappa shape index (κ1) is 15.7. The summed E-state index contributed by atoms with van der Waals surface area (Å²) in [5.74, 6) is 7.00. The molecule has 9 nitrogen and oxygen atoms in total. The van der Waals surface area contributed by atoms with Gasteiger partial charge in [0.25, 0.3) is 0 Å². The van der Waals surface area contributed by atoms with Gasteiger partial charge in [-0.15, -0.1) is 0 Å². The summed E-state index contributed by atoms with van der Waals surface area (Å²) in [6.07, 6.45) is 1.01. The largest absolute Gasteiger partial charge is 0.395 e. The fourth-order valence-corrected chi connectivity index (χ4v) is 2.30. The Labute approximate surface area is 124 Å². The number of nitrogens with zero attached hydrogens (tertiary/aromatic N) is 6. The molecule has 118 valence electrons. The smallest absolute Gasteiger partial charge is 0.243 e. The molecule has 1 aliphatic heterocycles. The monoisotopic (exact) mass is 296 g/mol. The molecular formula is C12H24N8O. The lowest BCUT2D eigenvalue weighted by atomic mass is 10.4. The van der Waals surface area contributed by atoms with Gasteiger partial charge in [-0.2, -0.15) is 15.0 Å². The number of hydrazine groups is 1. The van der Waals surface area contributed by atoms with Crippen LogP contribution in [0.2, 0.25) is 0 Å². The standard InChI is InChI=1S/C12H24N8O/c1-18(2)11-14-10(17-13)15-12(16-11)20-5-3-4-19(6-7-20)8-9-21/h21H,3-9,13H2,1-2H3,(H,14,15,16,17). The van der Waals surface area contributed by atoms with Gasteiger partial charge in [0.15, 0.2) is 0 Å². The van der Waals surface area contributed by atoms with Crippen molar-refractivity contribution in [2.75, 3.05) is 68.7 Å². The number of anilines is 3. The molecule has 0 bridgehead atoms. The molecule has 1 fully saturated rings. The highest BCUT2D eigenvalue weighted by molar-refractivity contribution is 5.44. The van der Waals surface area contributed by atoms with E-state index in [0.29, 0.717) is 24.4 Å². The summed E-state index contributed by atoms with van der Waals surface area (Å²) < 4.78 is 0. The van der Waals surface area contributed by atoms with E-state index < -0.39 is 0 Å². The lowest BCUT2D eigenvalue weighted by Crippen LogP contribution is -2.33. The van der Waals surface area contributed by atoms with E-state index in [1.807, 2.05) is 19.0 Å². The highest BCUT2D eigenvalue weighted by Crippen LogP contribution is 2.16. The zero-order chi connectivity index (χ0) is 15.2. The maximum absolute atomic E-state index is 9.04. The van der Waals surface area contributed by atoms with Gasteiger partial charge in [-0.25, -0.2) is 5.84 Å². The van der Waals surface area contributed by atoms with Crippen LogP contribution in [-0.4, -0.2) is 78.4 Å². The van der Waals surface area contributed by atoms with Gasteiger partial charge in [0.05, 0.1) is 6.61 Å². The molecule has 2 rings (SSSR count). The van der Waals surface area contributed by atoms with Crippen molar-refractivity contribution in [2.24, 2.45) is 5.84 Å². The van der Waals surface area contributed by atoms with Crippen LogP contribution in [0.3, 0.4) is 0 Å². The van der Waals surface area contributed by atoms with Crippen LogP contribution in [-0.2, 0) is 0 Å². The number of aliphatic hydroxyl groups is 1. The van der Waals surface area contributed by atoms with E-state index in [1.165, 1.54) is 0 Å². The summed E-state index contributed by atoms with van der Waals surface area (Å²) in [4.78, 5) is 19.2. The summed E-state index contributed by atoms with van der Waals surface area (Å²) in [6, 6.07) is 0.